The van der Waals surface area contributed by atoms with E-state index >= 15 is 0 Å². The molecule has 0 saturated carbocycles. The van der Waals surface area contributed by atoms with Crippen molar-refractivity contribution < 1.29 is 9.59 Å². The Bertz CT molecular complexity index is 316. The number of carbonyl (C=O) groups is 2. The predicted octanol–water partition coefficient (Wildman–Crippen LogP) is 6.86. The van der Waals surface area contributed by atoms with Crippen molar-refractivity contribution in [2.24, 2.45) is 11.8 Å². The van der Waals surface area contributed by atoms with E-state index in [2.05, 4.69) is 13.8 Å². The fourth-order valence-electron chi connectivity index (χ4n) is 2.96. The number of hydrogen-bond donors (Lipinski definition) is 0. The Kier molecular flexibility index (Phi) is 15.4. The average Bonchev–Trinajstić information content (AvgIpc) is 2.46. The first-order valence-corrected chi connectivity index (χ1v) is 10.1. The largest absolute Gasteiger partial charge is 0.281 e. The first kappa shape index (κ1) is 22.9. The molecule has 0 saturated heterocycles. The van der Waals surface area contributed by atoms with Crippen molar-refractivity contribution in [3.05, 3.63) is 0 Å². The highest BCUT2D eigenvalue weighted by molar-refractivity contribution is 6.63. The monoisotopic (exact) mass is 364 g/mol. The topological polar surface area (TPSA) is 34.1 Å². The van der Waals surface area contributed by atoms with Gasteiger partial charge in [0.15, 0.2) is 0 Å². The zero-order valence-electron chi connectivity index (χ0n) is 14.9. The van der Waals surface area contributed by atoms with Crippen molar-refractivity contribution in [3.63, 3.8) is 0 Å². The molecule has 0 heterocycles. The minimum Gasteiger partial charge on any atom is -0.281 e. The molecule has 0 aromatic heterocycles. The maximum absolute atomic E-state index is 11.0. The first-order valence-electron chi connectivity index (χ1n) is 9.30. The molecule has 0 rings (SSSR count). The van der Waals surface area contributed by atoms with Crippen LogP contribution in [0.25, 0.3) is 0 Å². The van der Waals surface area contributed by atoms with Crippen LogP contribution in [0, 0.1) is 11.8 Å². The van der Waals surface area contributed by atoms with Crippen LogP contribution >= 0.6 is 23.2 Å². The van der Waals surface area contributed by atoms with E-state index in [9.17, 15) is 9.59 Å². The molecule has 136 valence electrons. The van der Waals surface area contributed by atoms with Crippen LogP contribution in [0.4, 0.5) is 0 Å². The highest BCUT2D eigenvalue weighted by Crippen LogP contribution is 2.23. The molecule has 4 heteroatoms. The molecule has 0 aliphatic rings. The minimum absolute atomic E-state index is 0.195. The van der Waals surface area contributed by atoms with Gasteiger partial charge in [0.05, 0.1) is 0 Å². The molecule has 0 radical (unpaired) electrons. The van der Waals surface area contributed by atoms with E-state index in [1.165, 1.54) is 51.4 Å². The standard InChI is InChI=1S/C19H34Cl2O2/c1-16(2)17(15-19(21)23)13-11-9-7-5-3-4-6-8-10-12-14-18(20)22/h16-17H,3-15H2,1-2H3. The molecular formula is C19H34Cl2O2. The third-order valence-electron chi connectivity index (χ3n) is 4.56. The van der Waals surface area contributed by atoms with Crippen LogP contribution < -0.4 is 0 Å². The van der Waals surface area contributed by atoms with Crippen LogP contribution in [0.3, 0.4) is 0 Å². The van der Waals surface area contributed by atoms with Crippen molar-refractivity contribution in [1.29, 1.82) is 0 Å². The van der Waals surface area contributed by atoms with Crippen LogP contribution in [0.15, 0.2) is 0 Å². The summed E-state index contributed by atoms with van der Waals surface area (Å²) in [5.74, 6) is 0.978. The van der Waals surface area contributed by atoms with Crippen molar-refractivity contribution in [1.82, 2.24) is 0 Å². The maximum Gasteiger partial charge on any atom is 0.221 e. The third kappa shape index (κ3) is 16.6. The Balaban J connectivity index is 3.35. The summed E-state index contributed by atoms with van der Waals surface area (Å²) < 4.78 is 0. The molecule has 0 aliphatic carbocycles. The number of rotatable bonds is 16. The van der Waals surface area contributed by atoms with E-state index in [0.717, 1.165) is 19.3 Å². The van der Waals surface area contributed by atoms with Crippen molar-refractivity contribution >= 4 is 33.7 Å². The van der Waals surface area contributed by atoms with Crippen molar-refractivity contribution in [2.45, 2.75) is 97.3 Å². The molecule has 0 spiro atoms. The summed E-state index contributed by atoms with van der Waals surface area (Å²) in [6.45, 7) is 4.35. The number of hydrogen-bond acceptors (Lipinski definition) is 2. The van der Waals surface area contributed by atoms with Gasteiger partial charge < -0.3 is 0 Å². The highest BCUT2D eigenvalue weighted by Gasteiger charge is 2.15. The summed E-state index contributed by atoms with van der Waals surface area (Å²) >= 11 is 10.8. The second-order valence-electron chi connectivity index (χ2n) is 6.99. The molecule has 0 N–H and O–H groups in total. The van der Waals surface area contributed by atoms with E-state index < -0.39 is 0 Å². The van der Waals surface area contributed by atoms with E-state index in [1.807, 2.05) is 0 Å². The number of carbonyl (C=O) groups excluding carboxylic acids is 2. The van der Waals surface area contributed by atoms with Gasteiger partial charge in [-0.05, 0) is 47.9 Å². The average molecular weight is 365 g/mol. The summed E-state index contributed by atoms with van der Waals surface area (Å²) in [4.78, 5) is 21.6. The lowest BCUT2D eigenvalue weighted by Gasteiger charge is -2.18. The summed E-state index contributed by atoms with van der Waals surface area (Å²) in [5, 5.41) is -0.403. The smallest absolute Gasteiger partial charge is 0.221 e. The Morgan fingerprint density at radius 3 is 1.52 bits per heavy atom. The molecule has 1 atom stereocenters. The van der Waals surface area contributed by atoms with E-state index in [0.29, 0.717) is 24.7 Å². The van der Waals surface area contributed by atoms with Crippen molar-refractivity contribution in [2.75, 3.05) is 0 Å². The maximum atomic E-state index is 11.0. The van der Waals surface area contributed by atoms with Gasteiger partial charge in [-0.2, -0.15) is 0 Å². The van der Waals surface area contributed by atoms with Crippen LogP contribution in [-0.4, -0.2) is 10.5 Å². The van der Waals surface area contributed by atoms with Gasteiger partial charge in [0.2, 0.25) is 10.5 Å². The zero-order chi connectivity index (χ0) is 17.5. The number of unbranched alkanes of at least 4 members (excludes halogenated alkanes) is 9. The molecule has 0 aromatic carbocycles. The van der Waals surface area contributed by atoms with E-state index in [1.54, 1.807) is 0 Å². The van der Waals surface area contributed by atoms with E-state index in [4.69, 9.17) is 23.2 Å². The molecule has 0 aliphatic heterocycles. The quantitative estimate of drug-likeness (QED) is 0.221. The molecule has 23 heavy (non-hydrogen) atoms. The summed E-state index contributed by atoms with van der Waals surface area (Å²) in [6.07, 6.45) is 14.4. The van der Waals surface area contributed by atoms with Gasteiger partial charge in [0.1, 0.15) is 0 Å². The minimum atomic E-state index is -0.208. The van der Waals surface area contributed by atoms with Gasteiger partial charge in [-0.25, -0.2) is 0 Å². The normalized spacial score (nSPS) is 12.6. The van der Waals surface area contributed by atoms with E-state index in [-0.39, 0.29) is 10.5 Å². The molecule has 0 fully saturated rings. The second-order valence-corrected chi connectivity index (χ2v) is 7.84. The molecule has 1 unspecified atom stereocenters. The molecular weight excluding hydrogens is 331 g/mol. The van der Waals surface area contributed by atoms with Gasteiger partial charge in [0.25, 0.3) is 0 Å². The van der Waals surface area contributed by atoms with Crippen LogP contribution in [0.2, 0.25) is 0 Å². The summed E-state index contributed by atoms with van der Waals surface area (Å²) in [6, 6.07) is 0. The third-order valence-corrected chi connectivity index (χ3v) is 4.91. The van der Waals surface area contributed by atoms with Crippen molar-refractivity contribution in [3.8, 4) is 0 Å². The second kappa shape index (κ2) is 15.4. The zero-order valence-corrected chi connectivity index (χ0v) is 16.4. The fourth-order valence-corrected chi connectivity index (χ4v) is 3.29. The highest BCUT2D eigenvalue weighted by atomic mass is 35.5. The molecule has 0 amide bonds. The Morgan fingerprint density at radius 1 is 0.696 bits per heavy atom. The first-order chi connectivity index (χ1) is 10.9. The fraction of sp³-hybridized carbons (Fsp3) is 0.895. The van der Waals surface area contributed by atoms with Gasteiger partial charge >= 0.3 is 0 Å². The SMILES string of the molecule is CC(C)C(CCCCCCCCCCCCC(=O)Cl)CC(=O)Cl. The molecule has 0 bridgehead atoms. The summed E-state index contributed by atoms with van der Waals surface area (Å²) in [5.41, 5.74) is 0. The summed E-state index contributed by atoms with van der Waals surface area (Å²) in [7, 11) is 0. The van der Waals surface area contributed by atoms with Gasteiger partial charge in [0, 0.05) is 12.8 Å². The molecule has 0 aromatic rings. The van der Waals surface area contributed by atoms with Crippen LogP contribution in [0.1, 0.15) is 97.3 Å². The van der Waals surface area contributed by atoms with Gasteiger partial charge in [-0.15, -0.1) is 0 Å². The van der Waals surface area contributed by atoms with Gasteiger partial charge in [-0.3, -0.25) is 9.59 Å². The molecule has 2 nitrogen and oxygen atoms in total. The van der Waals surface area contributed by atoms with Gasteiger partial charge in [-0.1, -0.05) is 71.6 Å². The van der Waals surface area contributed by atoms with Crippen LogP contribution in [-0.2, 0) is 9.59 Å². The Morgan fingerprint density at radius 2 is 1.13 bits per heavy atom. The number of halogens is 2. The lowest BCUT2D eigenvalue weighted by molar-refractivity contribution is -0.113. The Labute approximate surface area is 152 Å². The lowest BCUT2D eigenvalue weighted by Crippen LogP contribution is -2.11. The Hall–Kier alpha value is -0.0800. The van der Waals surface area contributed by atoms with Crippen LogP contribution in [0.5, 0.6) is 0 Å². The lowest BCUT2D eigenvalue weighted by atomic mass is 9.88. The predicted molar refractivity (Wildman–Crippen MR) is 100 cm³/mol.